The van der Waals surface area contributed by atoms with Crippen molar-refractivity contribution in [2.24, 2.45) is 0 Å². The second-order valence-corrected chi connectivity index (χ2v) is 5.63. The first-order chi connectivity index (χ1) is 9.34. The van der Waals surface area contributed by atoms with Crippen LogP contribution in [0.5, 0.6) is 0 Å². The molecule has 2 aromatic rings. The standard InChI is InChI=1S/C18H21N/c1-14-7-6-12-19-18(14)17-11-5-10-16(13-17)15-8-3-2-4-9-15/h5-7,10-13,15H,2-4,8-9H2,1H3. The summed E-state index contributed by atoms with van der Waals surface area (Å²) in [5, 5.41) is 0. The maximum atomic E-state index is 4.53. The van der Waals surface area contributed by atoms with Gasteiger partial charge in [-0.2, -0.15) is 0 Å². The van der Waals surface area contributed by atoms with Crippen LogP contribution in [0, 0.1) is 6.92 Å². The molecule has 0 saturated heterocycles. The lowest BCUT2D eigenvalue weighted by atomic mass is 9.83. The zero-order valence-corrected chi connectivity index (χ0v) is 11.6. The monoisotopic (exact) mass is 251 g/mol. The molecule has 0 bridgehead atoms. The molecule has 3 rings (SSSR count). The van der Waals surface area contributed by atoms with Gasteiger partial charge in [-0.15, -0.1) is 0 Å². The molecule has 0 aliphatic heterocycles. The van der Waals surface area contributed by atoms with E-state index in [1.54, 1.807) is 0 Å². The summed E-state index contributed by atoms with van der Waals surface area (Å²) in [4.78, 5) is 4.53. The van der Waals surface area contributed by atoms with Crippen LogP contribution in [-0.2, 0) is 0 Å². The summed E-state index contributed by atoms with van der Waals surface area (Å²) in [5.74, 6) is 0.762. The molecular formula is C18H21N. The molecule has 0 unspecified atom stereocenters. The Labute approximate surface area is 115 Å². The minimum Gasteiger partial charge on any atom is -0.256 e. The predicted octanol–water partition coefficient (Wildman–Crippen LogP) is 5.10. The van der Waals surface area contributed by atoms with Crippen molar-refractivity contribution in [3.8, 4) is 11.3 Å². The fourth-order valence-electron chi connectivity index (χ4n) is 3.16. The first-order valence-electron chi connectivity index (χ1n) is 7.36. The third-order valence-corrected chi connectivity index (χ3v) is 4.25. The van der Waals surface area contributed by atoms with Gasteiger partial charge in [-0.25, -0.2) is 0 Å². The summed E-state index contributed by atoms with van der Waals surface area (Å²) in [6, 6.07) is 13.2. The highest BCUT2D eigenvalue weighted by molar-refractivity contribution is 5.63. The number of rotatable bonds is 2. The summed E-state index contributed by atoms with van der Waals surface area (Å²) in [6.07, 6.45) is 8.77. The lowest BCUT2D eigenvalue weighted by Crippen LogP contribution is -2.04. The van der Waals surface area contributed by atoms with Gasteiger partial charge in [0.1, 0.15) is 0 Å². The highest BCUT2D eigenvalue weighted by atomic mass is 14.7. The molecule has 98 valence electrons. The number of hydrogen-bond acceptors (Lipinski definition) is 1. The SMILES string of the molecule is Cc1cccnc1-c1cccc(C2CCCCC2)c1. The molecule has 0 spiro atoms. The van der Waals surface area contributed by atoms with E-state index in [-0.39, 0.29) is 0 Å². The Hall–Kier alpha value is -1.63. The molecule has 1 aliphatic carbocycles. The number of benzene rings is 1. The van der Waals surface area contributed by atoms with Gasteiger partial charge in [0, 0.05) is 11.8 Å². The van der Waals surface area contributed by atoms with Gasteiger partial charge >= 0.3 is 0 Å². The van der Waals surface area contributed by atoms with Gasteiger partial charge in [0.25, 0.3) is 0 Å². The Balaban J connectivity index is 1.93. The maximum absolute atomic E-state index is 4.53. The third kappa shape index (κ3) is 2.70. The summed E-state index contributed by atoms with van der Waals surface area (Å²) in [5.41, 5.74) is 5.15. The van der Waals surface area contributed by atoms with Crippen molar-refractivity contribution in [2.75, 3.05) is 0 Å². The zero-order chi connectivity index (χ0) is 13.1. The Kier molecular flexibility index (Phi) is 3.63. The van der Waals surface area contributed by atoms with Crippen molar-refractivity contribution in [1.82, 2.24) is 4.98 Å². The lowest BCUT2D eigenvalue weighted by molar-refractivity contribution is 0.443. The molecule has 0 N–H and O–H groups in total. The molecule has 1 saturated carbocycles. The van der Waals surface area contributed by atoms with E-state index >= 15 is 0 Å². The van der Waals surface area contributed by atoms with Gasteiger partial charge in [0.15, 0.2) is 0 Å². The van der Waals surface area contributed by atoms with Crippen molar-refractivity contribution in [3.05, 3.63) is 53.7 Å². The topological polar surface area (TPSA) is 12.9 Å². The van der Waals surface area contributed by atoms with Crippen LogP contribution in [0.15, 0.2) is 42.6 Å². The molecule has 0 amide bonds. The highest BCUT2D eigenvalue weighted by Gasteiger charge is 2.16. The van der Waals surface area contributed by atoms with Crippen LogP contribution in [0.4, 0.5) is 0 Å². The maximum Gasteiger partial charge on any atom is 0.0731 e. The minimum atomic E-state index is 0.762. The van der Waals surface area contributed by atoms with Crippen molar-refractivity contribution < 1.29 is 0 Å². The van der Waals surface area contributed by atoms with E-state index in [0.29, 0.717) is 0 Å². The molecule has 1 aromatic carbocycles. The molecule has 1 aliphatic rings. The zero-order valence-electron chi connectivity index (χ0n) is 11.6. The Morgan fingerprint density at radius 3 is 2.63 bits per heavy atom. The van der Waals surface area contributed by atoms with E-state index in [4.69, 9.17) is 0 Å². The van der Waals surface area contributed by atoms with Gasteiger partial charge in [0.2, 0.25) is 0 Å². The smallest absolute Gasteiger partial charge is 0.0731 e. The molecule has 19 heavy (non-hydrogen) atoms. The van der Waals surface area contributed by atoms with Crippen LogP contribution in [0.2, 0.25) is 0 Å². The minimum absolute atomic E-state index is 0.762. The first kappa shape index (κ1) is 12.4. The lowest BCUT2D eigenvalue weighted by Gasteiger charge is -2.22. The predicted molar refractivity (Wildman–Crippen MR) is 80.2 cm³/mol. The van der Waals surface area contributed by atoms with E-state index < -0.39 is 0 Å². The van der Waals surface area contributed by atoms with E-state index in [1.807, 2.05) is 12.3 Å². The number of nitrogens with zero attached hydrogens (tertiary/aromatic N) is 1. The van der Waals surface area contributed by atoms with Gasteiger partial charge < -0.3 is 0 Å². The largest absolute Gasteiger partial charge is 0.256 e. The molecule has 0 atom stereocenters. The molecule has 1 heteroatoms. The number of aromatic nitrogens is 1. The van der Waals surface area contributed by atoms with Crippen LogP contribution < -0.4 is 0 Å². The number of aryl methyl sites for hydroxylation is 1. The normalized spacial score (nSPS) is 16.5. The Morgan fingerprint density at radius 1 is 1.00 bits per heavy atom. The second kappa shape index (κ2) is 5.56. The first-order valence-corrected chi connectivity index (χ1v) is 7.36. The highest BCUT2D eigenvalue weighted by Crippen LogP contribution is 2.34. The average molecular weight is 251 g/mol. The van der Waals surface area contributed by atoms with Crippen LogP contribution in [0.3, 0.4) is 0 Å². The van der Waals surface area contributed by atoms with Crippen LogP contribution in [-0.4, -0.2) is 4.98 Å². The Bertz CT molecular complexity index is 553. The number of pyridine rings is 1. The third-order valence-electron chi connectivity index (χ3n) is 4.25. The Morgan fingerprint density at radius 2 is 1.84 bits per heavy atom. The van der Waals surface area contributed by atoms with E-state index in [1.165, 1.54) is 48.8 Å². The van der Waals surface area contributed by atoms with Crippen molar-refractivity contribution >= 4 is 0 Å². The molecule has 0 radical (unpaired) electrons. The van der Waals surface area contributed by atoms with E-state index in [2.05, 4.69) is 42.2 Å². The molecule has 1 aromatic heterocycles. The van der Waals surface area contributed by atoms with Gasteiger partial charge in [0.05, 0.1) is 5.69 Å². The van der Waals surface area contributed by atoms with Gasteiger partial charge in [-0.05, 0) is 48.9 Å². The van der Waals surface area contributed by atoms with Gasteiger partial charge in [-0.3, -0.25) is 4.98 Å². The summed E-state index contributed by atoms with van der Waals surface area (Å²) >= 11 is 0. The van der Waals surface area contributed by atoms with Crippen molar-refractivity contribution in [1.29, 1.82) is 0 Å². The summed E-state index contributed by atoms with van der Waals surface area (Å²) in [7, 11) is 0. The fraction of sp³-hybridized carbons (Fsp3) is 0.389. The molecule has 1 heterocycles. The van der Waals surface area contributed by atoms with Crippen LogP contribution >= 0.6 is 0 Å². The van der Waals surface area contributed by atoms with Crippen molar-refractivity contribution in [3.63, 3.8) is 0 Å². The van der Waals surface area contributed by atoms with Crippen LogP contribution in [0.1, 0.15) is 49.1 Å². The van der Waals surface area contributed by atoms with E-state index in [9.17, 15) is 0 Å². The summed E-state index contributed by atoms with van der Waals surface area (Å²) in [6.45, 7) is 2.13. The average Bonchev–Trinajstić information content (AvgIpc) is 2.49. The molecule has 1 nitrogen and oxygen atoms in total. The van der Waals surface area contributed by atoms with Gasteiger partial charge in [-0.1, -0.05) is 43.5 Å². The second-order valence-electron chi connectivity index (χ2n) is 5.63. The van der Waals surface area contributed by atoms with Crippen LogP contribution in [0.25, 0.3) is 11.3 Å². The van der Waals surface area contributed by atoms with Crippen molar-refractivity contribution in [2.45, 2.75) is 44.9 Å². The quantitative estimate of drug-likeness (QED) is 0.723. The van der Waals surface area contributed by atoms with E-state index in [0.717, 1.165) is 11.6 Å². The number of hydrogen-bond donors (Lipinski definition) is 0. The fourth-order valence-corrected chi connectivity index (χ4v) is 3.16. The molecule has 1 fully saturated rings. The molecular weight excluding hydrogens is 230 g/mol. The summed E-state index contributed by atoms with van der Waals surface area (Å²) < 4.78 is 0.